The lowest BCUT2D eigenvalue weighted by molar-refractivity contribution is -0.0393. The first kappa shape index (κ1) is 30.7. The molecule has 1 aromatic carbocycles. The van der Waals surface area contributed by atoms with Gasteiger partial charge in [0.15, 0.2) is 17.7 Å². The summed E-state index contributed by atoms with van der Waals surface area (Å²) in [4.78, 5) is 43.2. The number of primary amides is 1. The molecule has 232 valence electrons. The van der Waals surface area contributed by atoms with Gasteiger partial charge in [-0.15, -0.1) is 14.1 Å². The van der Waals surface area contributed by atoms with E-state index in [1.165, 1.54) is 17.3 Å². The summed E-state index contributed by atoms with van der Waals surface area (Å²) in [5, 5.41) is 8.21. The van der Waals surface area contributed by atoms with Crippen LogP contribution in [0.3, 0.4) is 0 Å². The van der Waals surface area contributed by atoms with Gasteiger partial charge < -0.3 is 35.3 Å². The number of carbonyl (C=O) groups is 1. The van der Waals surface area contributed by atoms with Crippen molar-refractivity contribution in [3.63, 3.8) is 0 Å². The van der Waals surface area contributed by atoms with Gasteiger partial charge in [-0.1, -0.05) is 17.9 Å². The van der Waals surface area contributed by atoms with Gasteiger partial charge in [0, 0.05) is 17.4 Å². The molecule has 2 aliphatic rings. The Hall–Kier alpha value is -3.35. The van der Waals surface area contributed by atoms with Gasteiger partial charge in [0.05, 0.1) is 24.0 Å². The van der Waals surface area contributed by atoms with E-state index in [9.17, 15) is 19.1 Å². The smallest absolute Gasteiger partial charge is 0.382 e. The monoisotopic (exact) mass is 666 g/mol. The summed E-state index contributed by atoms with van der Waals surface area (Å²) in [6, 6.07) is 4.96. The van der Waals surface area contributed by atoms with Gasteiger partial charge in [-0.05, 0) is 29.5 Å². The Morgan fingerprint density at radius 3 is 2.80 bits per heavy atom. The Balaban J connectivity index is 1.10. The number of fused-ring (bicyclic) bond motifs is 2. The van der Waals surface area contributed by atoms with E-state index < -0.39 is 51.6 Å². The number of rotatable bonds is 11. The number of imidazole rings is 1. The van der Waals surface area contributed by atoms with Gasteiger partial charge in [-0.2, -0.15) is 0 Å². The number of hydrogen-bond donors (Lipinski definition) is 4. The van der Waals surface area contributed by atoms with E-state index in [4.69, 9.17) is 34.5 Å². The lowest BCUT2D eigenvalue weighted by Crippen LogP contribution is -2.27. The maximum absolute atomic E-state index is 12.9. The molecule has 1 amide bonds. The van der Waals surface area contributed by atoms with Gasteiger partial charge in [-0.25, -0.2) is 19.6 Å². The van der Waals surface area contributed by atoms with Crippen LogP contribution in [0.25, 0.3) is 22.2 Å². The highest BCUT2D eigenvalue weighted by Gasteiger charge is 2.45. The fraction of sp³-hybridized carbons (Fsp3) is 0.391. The second-order valence-corrected chi connectivity index (χ2v) is 13.5. The van der Waals surface area contributed by atoms with Crippen LogP contribution in [-0.4, -0.2) is 81.7 Å². The third-order valence-electron chi connectivity index (χ3n) is 7.09. The first-order valence-corrected chi connectivity index (χ1v) is 16.7. The molecule has 0 radical (unpaired) electrons. The maximum atomic E-state index is 12.9. The Morgan fingerprint density at radius 1 is 1.20 bits per heavy atom. The van der Waals surface area contributed by atoms with E-state index in [-0.39, 0.29) is 31.0 Å². The number of aromatic nitrogens is 7. The van der Waals surface area contributed by atoms with Crippen LogP contribution in [0.2, 0.25) is 0 Å². The largest absolute Gasteiger partial charge is 0.697 e. The number of ether oxygens (including phenoxy) is 2. The van der Waals surface area contributed by atoms with E-state index in [1.54, 1.807) is 22.8 Å². The summed E-state index contributed by atoms with van der Waals surface area (Å²) < 4.78 is 44.3. The van der Waals surface area contributed by atoms with Gasteiger partial charge in [-0.3, -0.25) is 9.36 Å². The van der Waals surface area contributed by atoms with Crippen molar-refractivity contribution >= 4 is 60.7 Å². The molecule has 4 aromatic rings. The van der Waals surface area contributed by atoms with Crippen LogP contribution >= 0.6 is 15.0 Å². The fourth-order valence-electron chi connectivity index (χ4n) is 5.02. The first-order chi connectivity index (χ1) is 21.0. The van der Waals surface area contributed by atoms with E-state index in [0.717, 1.165) is 0 Å². The zero-order chi connectivity index (χ0) is 31.2. The normalized spacial score (nSPS) is 24.5. The second-order valence-electron chi connectivity index (χ2n) is 9.91. The number of carbonyl (C=O) groups excluding carboxylic acids is 1. The molecule has 1 unspecified atom stereocenters. The Morgan fingerprint density at radius 2 is 2.02 bits per heavy atom. The third-order valence-corrected chi connectivity index (χ3v) is 8.70. The molecule has 21 heteroatoms. The summed E-state index contributed by atoms with van der Waals surface area (Å²) in [5.74, 6) is -0.445. The van der Waals surface area contributed by atoms with Crippen LogP contribution in [-0.2, 0) is 39.4 Å². The third kappa shape index (κ3) is 6.25. The van der Waals surface area contributed by atoms with Crippen molar-refractivity contribution in [3.8, 4) is 0 Å². The number of nitrogens with two attached hydrogens (primary N) is 2. The standard InChI is InChI=1S/C23H25N9O9P2S/c1-11-5-18(32-13-4-2-3-12(22(25)33)19(13)29-30-32)39-15(11)7-37-42(34)41-14-6-17(40-16(14)8-38-43(35,36)44)31-10-28-20-21(24)26-9-27-23(20)31/h2-4,9-10,14-18H,1,5-8H2,(H5-,24,25,26,27,33,35,36,44)/p+1/t14-,15+,16+,17+,18+/m0/s1. The molecule has 6 atom stereocenters. The molecule has 3 aromatic heterocycles. The summed E-state index contributed by atoms with van der Waals surface area (Å²) in [6.45, 7) is -0.485. The topological polar surface area (TPSA) is 247 Å². The van der Waals surface area contributed by atoms with E-state index >= 15 is 0 Å². The molecule has 18 nitrogen and oxygen atoms in total. The van der Waals surface area contributed by atoms with Gasteiger partial charge in [0.25, 0.3) is 5.91 Å². The van der Waals surface area contributed by atoms with Crippen LogP contribution in [0.1, 0.15) is 35.7 Å². The van der Waals surface area contributed by atoms with Crippen molar-refractivity contribution in [1.82, 2.24) is 34.5 Å². The van der Waals surface area contributed by atoms with E-state index in [0.29, 0.717) is 34.2 Å². The SMILES string of the molecule is C=C1C[C@H](n2nnc3c(C(N)=O)cccc32)O[C@@H]1CO[P+](=O)O[C@H]1C[C@H](n2cnc3c(N)ncnc32)O[C@@H]1COP(O)(O)=S. The number of nitrogens with zero attached hydrogens (tertiary/aromatic N) is 7. The van der Waals surface area contributed by atoms with E-state index in [1.807, 2.05) is 0 Å². The summed E-state index contributed by atoms with van der Waals surface area (Å²) in [5.41, 5.74) is 13.9. The molecule has 2 aliphatic heterocycles. The summed E-state index contributed by atoms with van der Waals surface area (Å²) >= 11 is 4.55. The fourth-order valence-corrected chi connectivity index (χ4v) is 6.30. The van der Waals surface area contributed by atoms with Crippen molar-refractivity contribution in [3.05, 3.63) is 48.6 Å². The highest BCUT2D eigenvalue weighted by molar-refractivity contribution is 8.06. The summed E-state index contributed by atoms with van der Waals surface area (Å²) in [7, 11) is -2.71. The van der Waals surface area contributed by atoms with E-state index in [2.05, 4.69) is 43.6 Å². The minimum atomic E-state index is -4.01. The minimum absolute atomic E-state index is 0.148. The van der Waals surface area contributed by atoms with Gasteiger partial charge in [0.1, 0.15) is 48.5 Å². The zero-order valence-electron chi connectivity index (χ0n) is 22.6. The number of nitrogen functional groups attached to an aromatic ring is 1. The number of hydrogen-bond acceptors (Lipinski definition) is 14. The van der Waals surface area contributed by atoms with Crippen molar-refractivity contribution in [2.24, 2.45) is 5.73 Å². The van der Waals surface area contributed by atoms with Crippen LogP contribution in [0.5, 0.6) is 0 Å². The Labute approximate surface area is 254 Å². The number of amides is 1. The average Bonchev–Trinajstić information content (AvgIpc) is 3.75. The second kappa shape index (κ2) is 12.2. The highest BCUT2D eigenvalue weighted by Crippen LogP contribution is 2.43. The molecule has 2 saturated heterocycles. The van der Waals surface area contributed by atoms with Crippen molar-refractivity contribution in [1.29, 1.82) is 0 Å². The molecule has 6 rings (SSSR count). The zero-order valence-corrected chi connectivity index (χ0v) is 25.3. The predicted octanol–water partition coefficient (Wildman–Crippen LogP) is 1.37. The average molecular weight is 667 g/mol. The number of anilines is 1. The van der Waals surface area contributed by atoms with Crippen molar-refractivity contribution in [2.75, 3.05) is 18.9 Å². The van der Waals surface area contributed by atoms with Crippen LogP contribution in [0.15, 0.2) is 43.0 Å². The molecule has 0 aliphatic carbocycles. The van der Waals surface area contributed by atoms with Crippen LogP contribution in [0, 0.1) is 0 Å². The lowest BCUT2D eigenvalue weighted by atomic mass is 10.1. The molecule has 6 N–H and O–H groups in total. The summed E-state index contributed by atoms with van der Waals surface area (Å²) in [6.07, 6.45) is -0.481. The molecule has 2 fully saturated rings. The molecular weight excluding hydrogens is 640 g/mol. The Bertz CT molecular complexity index is 1810. The quantitative estimate of drug-likeness (QED) is 0.130. The van der Waals surface area contributed by atoms with Crippen LogP contribution < -0.4 is 11.5 Å². The molecule has 0 spiro atoms. The molecule has 0 bridgehead atoms. The van der Waals surface area contributed by atoms with Crippen molar-refractivity contribution in [2.45, 2.75) is 43.6 Å². The molecule has 5 heterocycles. The maximum Gasteiger partial charge on any atom is 0.697 e. The number of benzene rings is 1. The molecule has 44 heavy (non-hydrogen) atoms. The highest BCUT2D eigenvalue weighted by atomic mass is 32.5. The first-order valence-electron chi connectivity index (χ1n) is 13.0. The van der Waals surface area contributed by atoms with Crippen LogP contribution in [0.4, 0.5) is 5.82 Å². The minimum Gasteiger partial charge on any atom is -0.382 e. The van der Waals surface area contributed by atoms with Crippen molar-refractivity contribution < 1.29 is 42.2 Å². The lowest BCUT2D eigenvalue weighted by Gasteiger charge is -2.17. The Kier molecular flexibility index (Phi) is 8.51. The molecule has 0 saturated carbocycles. The predicted molar refractivity (Wildman–Crippen MR) is 155 cm³/mol. The van der Waals surface area contributed by atoms with Gasteiger partial charge >= 0.3 is 15.0 Å². The van der Waals surface area contributed by atoms with Gasteiger partial charge in [0.2, 0.25) is 0 Å². The molecular formula is C23H26N9O9P2S+.